The van der Waals surface area contributed by atoms with Gasteiger partial charge in [-0.15, -0.1) is 0 Å². The molecule has 0 spiro atoms. The lowest BCUT2D eigenvalue weighted by atomic mass is 10.1. The highest BCUT2D eigenvalue weighted by Crippen LogP contribution is 2.36. The van der Waals surface area contributed by atoms with Gasteiger partial charge in [0.05, 0.1) is 26.9 Å². The van der Waals surface area contributed by atoms with Crippen molar-refractivity contribution < 1.29 is 23.7 Å². The molecule has 2 rings (SSSR count). The van der Waals surface area contributed by atoms with Gasteiger partial charge in [-0.25, -0.2) is 4.39 Å². The lowest BCUT2D eigenvalue weighted by molar-refractivity contribution is 0.0937. The Kier molecular flexibility index (Phi) is 8.84. The zero-order chi connectivity index (χ0) is 18.8. The van der Waals surface area contributed by atoms with Gasteiger partial charge in [0, 0.05) is 23.1 Å². The first kappa shape index (κ1) is 20.6. The van der Waals surface area contributed by atoms with E-state index in [-0.39, 0.29) is 12.4 Å². The SMILES string of the molecule is COc1ccc(Br)c(CNCCOCCO)c1OCc1ccc(F)cc1. The number of ether oxygens (including phenoxy) is 3. The third-order valence-electron chi connectivity index (χ3n) is 3.64. The van der Waals surface area contributed by atoms with Gasteiger partial charge in [0.1, 0.15) is 12.4 Å². The monoisotopic (exact) mass is 427 g/mol. The molecule has 5 nitrogen and oxygen atoms in total. The van der Waals surface area contributed by atoms with E-state index in [2.05, 4.69) is 21.2 Å². The summed E-state index contributed by atoms with van der Waals surface area (Å²) in [4.78, 5) is 0. The molecule has 0 aliphatic rings. The second-order valence-corrected chi connectivity index (χ2v) is 6.34. The zero-order valence-corrected chi connectivity index (χ0v) is 16.2. The molecule has 0 amide bonds. The average Bonchev–Trinajstić information content (AvgIpc) is 2.65. The lowest BCUT2D eigenvalue weighted by Gasteiger charge is -2.17. The molecule has 0 heterocycles. The largest absolute Gasteiger partial charge is 0.493 e. The van der Waals surface area contributed by atoms with Crippen molar-refractivity contribution in [2.75, 3.05) is 33.5 Å². The maximum atomic E-state index is 13.0. The summed E-state index contributed by atoms with van der Waals surface area (Å²) in [6.07, 6.45) is 0. The Morgan fingerprint density at radius 3 is 2.58 bits per heavy atom. The number of aliphatic hydroxyl groups is 1. The number of nitrogens with one attached hydrogen (secondary N) is 1. The molecule has 7 heteroatoms. The highest BCUT2D eigenvalue weighted by molar-refractivity contribution is 9.10. The van der Waals surface area contributed by atoms with Gasteiger partial charge < -0.3 is 24.6 Å². The Hall–Kier alpha value is -1.67. The van der Waals surface area contributed by atoms with Crippen molar-refractivity contribution in [2.24, 2.45) is 0 Å². The van der Waals surface area contributed by atoms with Crippen LogP contribution >= 0.6 is 15.9 Å². The van der Waals surface area contributed by atoms with Gasteiger partial charge in [-0.3, -0.25) is 0 Å². The van der Waals surface area contributed by atoms with Crippen molar-refractivity contribution in [2.45, 2.75) is 13.2 Å². The van der Waals surface area contributed by atoms with E-state index in [1.165, 1.54) is 12.1 Å². The highest BCUT2D eigenvalue weighted by atomic mass is 79.9. The number of aliphatic hydroxyl groups excluding tert-OH is 1. The minimum Gasteiger partial charge on any atom is -0.493 e. The van der Waals surface area contributed by atoms with Crippen molar-refractivity contribution in [1.29, 1.82) is 0 Å². The molecule has 0 aliphatic carbocycles. The van der Waals surface area contributed by atoms with Crippen molar-refractivity contribution >= 4 is 15.9 Å². The van der Waals surface area contributed by atoms with Gasteiger partial charge in [-0.05, 0) is 29.8 Å². The predicted octanol–water partition coefficient (Wildman–Crippen LogP) is 3.27. The van der Waals surface area contributed by atoms with Crippen LogP contribution in [0.15, 0.2) is 40.9 Å². The van der Waals surface area contributed by atoms with Crippen LogP contribution in [0, 0.1) is 5.82 Å². The van der Waals surface area contributed by atoms with E-state index in [4.69, 9.17) is 19.3 Å². The summed E-state index contributed by atoms with van der Waals surface area (Å²) in [6.45, 7) is 2.35. The third-order valence-corrected chi connectivity index (χ3v) is 4.39. The molecule has 0 aliphatic heterocycles. The van der Waals surface area contributed by atoms with Crippen LogP contribution in [0.3, 0.4) is 0 Å². The fourth-order valence-electron chi connectivity index (χ4n) is 2.33. The Bertz CT molecular complexity index is 682. The number of rotatable bonds is 11. The summed E-state index contributed by atoms with van der Waals surface area (Å²) in [5.41, 5.74) is 1.79. The van der Waals surface area contributed by atoms with Crippen LogP contribution < -0.4 is 14.8 Å². The summed E-state index contributed by atoms with van der Waals surface area (Å²) in [5.74, 6) is 0.987. The summed E-state index contributed by atoms with van der Waals surface area (Å²) in [5, 5.41) is 12.0. The van der Waals surface area contributed by atoms with Crippen molar-refractivity contribution in [3.63, 3.8) is 0 Å². The van der Waals surface area contributed by atoms with E-state index < -0.39 is 0 Å². The van der Waals surface area contributed by atoms with E-state index in [0.29, 0.717) is 44.4 Å². The molecule has 0 unspecified atom stereocenters. The summed E-state index contributed by atoms with van der Waals surface area (Å²) in [7, 11) is 1.59. The smallest absolute Gasteiger partial charge is 0.167 e. The molecule has 0 aromatic heterocycles. The van der Waals surface area contributed by atoms with Crippen LogP contribution in [0.5, 0.6) is 11.5 Å². The standard InChI is InChI=1S/C19H23BrFNO4/c1-24-18-7-6-17(20)16(12-22-8-10-25-11-9-23)19(18)26-13-14-2-4-15(21)5-3-14/h2-7,22-23H,8-13H2,1H3. The van der Waals surface area contributed by atoms with Crippen LogP contribution in [0.1, 0.15) is 11.1 Å². The minimum absolute atomic E-state index is 0.0167. The van der Waals surface area contributed by atoms with Gasteiger partial charge in [-0.2, -0.15) is 0 Å². The number of benzene rings is 2. The topological polar surface area (TPSA) is 60.0 Å². The van der Waals surface area contributed by atoms with E-state index >= 15 is 0 Å². The van der Waals surface area contributed by atoms with Crippen LogP contribution in [0.2, 0.25) is 0 Å². The number of hydrogen-bond acceptors (Lipinski definition) is 5. The molecule has 0 saturated heterocycles. The zero-order valence-electron chi connectivity index (χ0n) is 14.6. The first-order chi connectivity index (χ1) is 12.7. The quantitative estimate of drug-likeness (QED) is 0.538. The molecule has 0 bridgehead atoms. The fourth-order valence-corrected chi connectivity index (χ4v) is 2.78. The van der Waals surface area contributed by atoms with E-state index in [1.54, 1.807) is 19.2 Å². The van der Waals surface area contributed by atoms with Crippen LogP contribution in [-0.4, -0.2) is 38.6 Å². The third kappa shape index (κ3) is 6.25. The molecule has 0 fully saturated rings. The van der Waals surface area contributed by atoms with Crippen LogP contribution in [-0.2, 0) is 17.9 Å². The van der Waals surface area contributed by atoms with E-state index in [1.807, 2.05) is 12.1 Å². The Balaban J connectivity index is 2.04. The first-order valence-corrected chi connectivity index (χ1v) is 9.07. The second-order valence-electron chi connectivity index (χ2n) is 5.49. The molecule has 0 saturated carbocycles. The predicted molar refractivity (Wildman–Crippen MR) is 101 cm³/mol. The summed E-state index contributed by atoms with van der Waals surface area (Å²) >= 11 is 3.55. The summed E-state index contributed by atoms with van der Waals surface area (Å²) < 4.78 is 30.6. The van der Waals surface area contributed by atoms with E-state index in [0.717, 1.165) is 15.6 Å². The molecule has 0 radical (unpaired) electrons. The molecule has 2 aromatic carbocycles. The molecule has 142 valence electrons. The van der Waals surface area contributed by atoms with Gasteiger partial charge in [0.25, 0.3) is 0 Å². The fraction of sp³-hybridized carbons (Fsp3) is 0.368. The Morgan fingerprint density at radius 2 is 1.88 bits per heavy atom. The Labute approximate surface area is 161 Å². The van der Waals surface area contributed by atoms with Crippen molar-refractivity contribution in [3.05, 3.63) is 57.8 Å². The Morgan fingerprint density at radius 1 is 1.12 bits per heavy atom. The van der Waals surface area contributed by atoms with Crippen molar-refractivity contribution in [1.82, 2.24) is 5.32 Å². The van der Waals surface area contributed by atoms with Crippen molar-refractivity contribution in [3.8, 4) is 11.5 Å². The van der Waals surface area contributed by atoms with E-state index in [9.17, 15) is 4.39 Å². The molecule has 2 N–H and O–H groups in total. The highest BCUT2D eigenvalue weighted by Gasteiger charge is 2.14. The molecular weight excluding hydrogens is 405 g/mol. The van der Waals surface area contributed by atoms with Gasteiger partial charge in [-0.1, -0.05) is 28.1 Å². The first-order valence-electron chi connectivity index (χ1n) is 8.27. The maximum Gasteiger partial charge on any atom is 0.167 e. The number of halogens is 2. The summed E-state index contributed by atoms with van der Waals surface area (Å²) in [6, 6.07) is 9.94. The van der Waals surface area contributed by atoms with Gasteiger partial charge in [0.2, 0.25) is 0 Å². The maximum absolute atomic E-state index is 13.0. The normalized spacial score (nSPS) is 10.8. The second kappa shape index (κ2) is 11.1. The van der Waals surface area contributed by atoms with Gasteiger partial charge >= 0.3 is 0 Å². The average molecular weight is 428 g/mol. The molecule has 26 heavy (non-hydrogen) atoms. The lowest BCUT2D eigenvalue weighted by Crippen LogP contribution is -2.20. The minimum atomic E-state index is -0.276. The molecule has 0 atom stereocenters. The number of hydrogen-bond donors (Lipinski definition) is 2. The van der Waals surface area contributed by atoms with Gasteiger partial charge in [0.15, 0.2) is 11.5 Å². The molecule has 2 aromatic rings. The molecular formula is C19H23BrFNO4. The van der Waals surface area contributed by atoms with Crippen LogP contribution in [0.25, 0.3) is 0 Å². The van der Waals surface area contributed by atoms with Crippen LogP contribution in [0.4, 0.5) is 4.39 Å². The number of methoxy groups -OCH3 is 1.